The highest BCUT2D eigenvalue weighted by Crippen LogP contribution is 2.39. The van der Waals surface area contributed by atoms with E-state index in [1.165, 1.54) is 36.6 Å². The molecule has 0 amide bonds. The van der Waals surface area contributed by atoms with Gasteiger partial charge in [0, 0.05) is 46.2 Å². The molecule has 0 bridgehead atoms. The van der Waals surface area contributed by atoms with Crippen molar-refractivity contribution in [1.82, 2.24) is 10.1 Å². The summed E-state index contributed by atoms with van der Waals surface area (Å²) in [4.78, 5) is 15.7. The monoisotopic (exact) mass is 420 g/mol. The van der Waals surface area contributed by atoms with Crippen molar-refractivity contribution in [1.29, 1.82) is 0 Å². The van der Waals surface area contributed by atoms with Crippen LogP contribution < -0.4 is 4.74 Å². The zero-order valence-corrected chi connectivity index (χ0v) is 16.4. The molecular formula is C22H13FN2O4S. The van der Waals surface area contributed by atoms with Gasteiger partial charge in [-0.2, -0.15) is 0 Å². The molecule has 0 saturated heterocycles. The Bertz CT molecular complexity index is 1410. The first kappa shape index (κ1) is 18.3. The number of benzene rings is 2. The van der Waals surface area contributed by atoms with Gasteiger partial charge in [-0.15, -0.1) is 0 Å². The number of carbonyl (C=O) groups excluding carboxylic acids is 1. The van der Waals surface area contributed by atoms with Crippen molar-refractivity contribution in [3.8, 4) is 22.1 Å². The second-order valence-corrected chi connectivity index (χ2v) is 7.54. The molecule has 0 spiro atoms. The lowest BCUT2D eigenvalue weighted by Gasteiger charge is -2.07. The highest BCUT2D eigenvalue weighted by atomic mass is 32.1. The zero-order chi connectivity index (χ0) is 20.7. The minimum atomic E-state index is -0.585. The third-order valence-electron chi connectivity index (χ3n) is 4.58. The van der Waals surface area contributed by atoms with Crippen LogP contribution in [0.3, 0.4) is 0 Å². The van der Waals surface area contributed by atoms with E-state index in [-0.39, 0.29) is 11.6 Å². The number of fused-ring (bicyclic) bond motifs is 2. The topological polar surface area (TPSA) is 74.5 Å². The van der Waals surface area contributed by atoms with Crippen molar-refractivity contribution in [2.45, 2.75) is 0 Å². The summed E-state index contributed by atoms with van der Waals surface area (Å²) in [5.74, 6) is -0.517. The third kappa shape index (κ3) is 3.27. The summed E-state index contributed by atoms with van der Waals surface area (Å²) in [5.41, 5.74) is 1.31. The van der Waals surface area contributed by atoms with Crippen LogP contribution in [-0.4, -0.2) is 23.2 Å². The Morgan fingerprint density at radius 2 is 2.00 bits per heavy atom. The SMILES string of the molecule is COC(=O)c1cc(-c2ccc3cc(Oc4cc(F)cc5ccncc45)sc3c2)no1. The number of aromatic nitrogens is 2. The normalized spacial score (nSPS) is 11.1. The standard InChI is InChI=1S/C22H13FN2O4S/c1-27-22(26)19-10-17(25-29-19)13-2-3-14-8-21(30-20(14)7-13)28-18-9-15(23)6-12-4-5-24-11-16(12)18/h2-11H,1H3. The predicted octanol–water partition coefficient (Wildman–Crippen LogP) is 5.82. The van der Waals surface area contributed by atoms with E-state index in [4.69, 9.17) is 9.26 Å². The number of esters is 1. The van der Waals surface area contributed by atoms with Gasteiger partial charge in [-0.05, 0) is 29.0 Å². The van der Waals surface area contributed by atoms with Crippen molar-refractivity contribution < 1.29 is 23.2 Å². The number of halogens is 1. The fourth-order valence-corrected chi connectivity index (χ4v) is 4.11. The Kier molecular flexibility index (Phi) is 4.40. The van der Waals surface area contributed by atoms with Gasteiger partial charge in [-0.3, -0.25) is 4.98 Å². The fourth-order valence-electron chi connectivity index (χ4n) is 3.15. The molecule has 0 aliphatic heterocycles. The second kappa shape index (κ2) is 7.23. The predicted molar refractivity (Wildman–Crippen MR) is 110 cm³/mol. The molecule has 6 nitrogen and oxygen atoms in total. The van der Waals surface area contributed by atoms with E-state index in [1.807, 2.05) is 24.3 Å². The van der Waals surface area contributed by atoms with Gasteiger partial charge < -0.3 is 14.0 Å². The van der Waals surface area contributed by atoms with E-state index < -0.39 is 5.97 Å². The highest BCUT2D eigenvalue weighted by molar-refractivity contribution is 7.20. The van der Waals surface area contributed by atoms with Crippen molar-refractivity contribution in [3.63, 3.8) is 0 Å². The van der Waals surface area contributed by atoms with Crippen molar-refractivity contribution >= 4 is 38.2 Å². The van der Waals surface area contributed by atoms with Crippen LogP contribution in [0.5, 0.6) is 10.8 Å². The maximum atomic E-state index is 14.0. The number of carbonyl (C=O) groups is 1. The lowest BCUT2D eigenvalue weighted by Crippen LogP contribution is -1.98. The lowest BCUT2D eigenvalue weighted by molar-refractivity contribution is 0.0554. The van der Waals surface area contributed by atoms with Gasteiger partial charge in [0.1, 0.15) is 17.3 Å². The van der Waals surface area contributed by atoms with E-state index in [2.05, 4.69) is 14.9 Å². The Labute approximate surface area is 173 Å². The van der Waals surface area contributed by atoms with Crippen LogP contribution in [-0.2, 0) is 4.74 Å². The van der Waals surface area contributed by atoms with Crippen LogP contribution in [0.4, 0.5) is 4.39 Å². The van der Waals surface area contributed by atoms with E-state index >= 15 is 0 Å². The summed E-state index contributed by atoms with van der Waals surface area (Å²) in [6, 6.07) is 13.7. The van der Waals surface area contributed by atoms with Crippen molar-refractivity contribution in [2.75, 3.05) is 7.11 Å². The summed E-state index contributed by atoms with van der Waals surface area (Å²) in [5, 5.41) is 6.97. The van der Waals surface area contributed by atoms with E-state index in [1.54, 1.807) is 18.5 Å². The molecule has 3 aromatic heterocycles. The van der Waals surface area contributed by atoms with E-state index in [0.717, 1.165) is 26.4 Å². The average Bonchev–Trinajstić information content (AvgIpc) is 3.39. The molecule has 3 heterocycles. The van der Waals surface area contributed by atoms with Crippen LogP contribution in [0.2, 0.25) is 0 Å². The fraction of sp³-hybridized carbons (Fsp3) is 0.0455. The quantitative estimate of drug-likeness (QED) is 0.341. The van der Waals surface area contributed by atoms with Crippen molar-refractivity contribution in [3.05, 3.63) is 72.5 Å². The number of hydrogen-bond acceptors (Lipinski definition) is 7. The molecule has 0 aliphatic carbocycles. The number of rotatable bonds is 4. The molecule has 0 atom stereocenters. The summed E-state index contributed by atoms with van der Waals surface area (Å²) >= 11 is 1.42. The van der Waals surface area contributed by atoms with Crippen LogP contribution in [0.15, 0.2) is 65.4 Å². The summed E-state index contributed by atoms with van der Waals surface area (Å²) in [7, 11) is 1.28. The van der Waals surface area contributed by atoms with Gasteiger partial charge in [-0.25, -0.2) is 9.18 Å². The Hall–Kier alpha value is -3.78. The van der Waals surface area contributed by atoms with Gasteiger partial charge in [0.25, 0.3) is 0 Å². The van der Waals surface area contributed by atoms with Gasteiger partial charge in [-0.1, -0.05) is 28.6 Å². The molecule has 148 valence electrons. The molecule has 30 heavy (non-hydrogen) atoms. The molecule has 5 aromatic rings. The molecule has 0 saturated carbocycles. The molecule has 5 rings (SSSR count). The third-order valence-corrected chi connectivity index (χ3v) is 5.56. The largest absolute Gasteiger partial charge is 0.463 e. The van der Waals surface area contributed by atoms with Crippen LogP contribution in [0.1, 0.15) is 10.6 Å². The van der Waals surface area contributed by atoms with Crippen LogP contribution >= 0.6 is 11.3 Å². The van der Waals surface area contributed by atoms with Gasteiger partial charge in [0.15, 0.2) is 5.06 Å². The van der Waals surface area contributed by atoms with Gasteiger partial charge in [0.05, 0.1) is 7.11 Å². The molecule has 2 aromatic carbocycles. The minimum absolute atomic E-state index is 0.0365. The summed E-state index contributed by atoms with van der Waals surface area (Å²) < 4.78 is 30.6. The maximum absolute atomic E-state index is 14.0. The molecule has 8 heteroatoms. The summed E-state index contributed by atoms with van der Waals surface area (Å²) in [6.45, 7) is 0. The number of hydrogen-bond donors (Lipinski definition) is 0. The van der Waals surface area contributed by atoms with Crippen molar-refractivity contribution in [2.24, 2.45) is 0 Å². The maximum Gasteiger partial charge on any atom is 0.376 e. The second-order valence-electron chi connectivity index (χ2n) is 6.49. The van der Waals surface area contributed by atoms with E-state index in [0.29, 0.717) is 16.5 Å². The minimum Gasteiger partial charge on any atom is -0.463 e. The Morgan fingerprint density at radius 3 is 2.87 bits per heavy atom. The summed E-state index contributed by atoms with van der Waals surface area (Å²) in [6.07, 6.45) is 3.26. The van der Waals surface area contributed by atoms with Gasteiger partial charge in [0.2, 0.25) is 5.76 Å². The molecule has 0 aliphatic rings. The Balaban J connectivity index is 1.49. The molecule has 0 radical (unpaired) electrons. The number of methoxy groups -OCH3 is 1. The molecule has 0 N–H and O–H groups in total. The number of ether oxygens (including phenoxy) is 2. The first-order valence-corrected chi connectivity index (χ1v) is 9.72. The van der Waals surface area contributed by atoms with Crippen LogP contribution in [0, 0.1) is 5.82 Å². The number of nitrogens with zero attached hydrogens (tertiary/aromatic N) is 2. The molecule has 0 fully saturated rings. The Morgan fingerprint density at radius 1 is 1.10 bits per heavy atom. The zero-order valence-electron chi connectivity index (χ0n) is 15.6. The average molecular weight is 420 g/mol. The molecular weight excluding hydrogens is 407 g/mol. The van der Waals surface area contributed by atoms with Gasteiger partial charge >= 0.3 is 5.97 Å². The number of thiophene rings is 1. The highest BCUT2D eigenvalue weighted by Gasteiger charge is 2.15. The van der Waals surface area contributed by atoms with E-state index in [9.17, 15) is 9.18 Å². The first-order valence-electron chi connectivity index (χ1n) is 8.91. The molecule has 0 unspecified atom stereocenters. The first-order chi connectivity index (χ1) is 14.6. The lowest BCUT2D eigenvalue weighted by atomic mass is 10.1. The van der Waals surface area contributed by atoms with Crippen LogP contribution in [0.25, 0.3) is 32.1 Å². The smallest absolute Gasteiger partial charge is 0.376 e. The number of pyridine rings is 1.